The van der Waals surface area contributed by atoms with Crippen LogP contribution < -0.4 is 9.80 Å². The largest absolute Gasteiger partial charge is 0.347 e. The molecule has 0 aliphatic heterocycles. The Kier molecular flexibility index (Phi) is 7.89. The Morgan fingerprint density at radius 1 is 0.491 bits per heavy atom. The van der Waals surface area contributed by atoms with E-state index in [1.54, 1.807) is 0 Å². The van der Waals surface area contributed by atoms with Gasteiger partial charge in [-0.3, -0.25) is 0 Å². The number of nitrogens with zero attached hydrogens (tertiary/aromatic N) is 2. The molecule has 6 aromatic carbocycles. The van der Waals surface area contributed by atoms with Crippen molar-refractivity contribution in [1.82, 2.24) is 0 Å². The Morgan fingerprint density at radius 3 is 1.75 bits per heavy atom. The highest BCUT2D eigenvalue weighted by Gasteiger charge is 2.41. The van der Waals surface area contributed by atoms with Crippen LogP contribution in [0, 0.1) is 0 Å². The fourth-order valence-corrected chi connectivity index (χ4v) is 9.26. The number of rotatable bonds is 7. The highest BCUT2D eigenvalue weighted by molar-refractivity contribution is 5.92. The van der Waals surface area contributed by atoms with Crippen LogP contribution in [-0.4, -0.2) is 7.05 Å². The van der Waals surface area contributed by atoms with Gasteiger partial charge in [0.05, 0.1) is 0 Å². The molecule has 0 amide bonds. The van der Waals surface area contributed by atoms with Gasteiger partial charge >= 0.3 is 0 Å². The Hall–Kier alpha value is -5.86. The van der Waals surface area contributed by atoms with Crippen molar-refractivity contribution < 1.29 is 0 Å². The lowest BCUT2D eigenvalue weighted by molar-refractivity contribution is 0.619. The number of hydrogen-bond acceptors (Lipinski definition) is 2. The lowest BCUT2D eigenvalue weighted by Crippen LogP contribution is -2.30. The summed E-state index contributed by atoms with van der Waals surface area (Å²) in [6.07, 6.45) is 6.95. The van der Waals surface area contributed by atoms with Crippen LogP contribution in [-0.2, 0) is 10.8 Å². The molecule has 0 bridgehead atoms. The summed E-state index contributed by atoms with van der Waals surface area (Å²) in [6.45, 7) is 9.50. The molecular weight excluding hydrogens is 641 g/mol. The van der Waals surface area contributed by atoms with Gasteiger partial charge in [0.15, 0.2) is 0 Å². The fourth-order valence-electron chi connectivity index (χ4n) is 9.26. The first kappa shape index (κ1) is 33.0. The normalized spacial score (nSPS) is 16.3. The van der Waals surface area contributed by atoms with E-state index in [2.05, 4.69) is 208 Å². The predicted octanol–water partition coefficient (Wildman–Crippen LogP) is 13.4. The zero-order chi connectivity index (χ0) is 36.3. The van der Waals surface area contributed by atoms with E-state index >= 15 is 0 Å². The first-order chi connectivity index (χ1) is 25.7. The van der Waals surface area contributed by atoms with Crippen LogP contribution in [0.25, 0.3) is 22.3 Å². The van der Waals surface area contributed by atoms with E-state index in [0.717, 1.165) is 29.9 Å². The number of benzene rings is 6. The van der Waals surface area contributed by atoms with Gasteiger partial charge in [-0.25, -0.2) is 0 Å². The van der Waals surface area contributed by atoms with Crippen LogP contribution in [0.5, 0.6) is 0 Å². The molecule has 0 radical (unpaired) electrons. The molecule has 6 aromatic rings. The maximum atomic E-state index is 2.45. The topological polar surface area (TPSA) is 6.48 Å². The lowest BCUT2D eigenvalue weighted by Gasteiger charge is -2.34. The molecule has 2 heteroatoms. The first-order valence-corrected chi connectivity index (χ1v) is 19.0. The van der Waals surface area contributed by atoms with Crippen LogP contribution in [0.2, 0.25) is 0 Å². The van der Waals surface area contributed by atoms with Crippen LogP contribution in [0.3, 0.4) is 0 Å². The molecule has 0 heterocycles. The Bertz CT molecular complexity index is 2430. The van der Waals surface area contributed by atoms with Gasteiger partial charge in [0.25, 0.3) is 0 Å². The molecule has 3 aliphatic carbocycles. The van der Waals surface area contributed by atoms with Gasteiger partial charge < -0.3 is 9.80 Å². The second-order valence-corrected chi connectivity index (χ2v) is 15.8. The molecule has 0 spiro atoms. The van der Waals surface area contributed by atoms with Crippen LogP contribution in [0.1, 0.15) is 68.4 Å². The monoisotopic (exact) mass is 686 g/mol. The van der Waals surface area contributed by atoms with Crippen molar-refractivity contribution in [2.24, 2.45) is 0 Å². The average Bonchev–Trinajstić information content (AvgIpc) is 3.58. The van der Waals surface area contributed by atoms with Crippen molar-refractivity contribution >= 4 is 33.9 Å². The Labute approximate surface area is 315 Å². The van der Waals surface area contributed by atoms with Crippen molar-refractivity contribution in [2.75, 3.05) is 16.8 Å². The van der Waals surface area contributed by atoms with Gasteiger partial charge in [-0.15, -0.1) is 0 Å². The minimum atomic E-state index is -0.165. The zero-order valence-electron chi connectivity index (χ0n) is 31.4. The summed E-state index contributed by atoms with van der Waals surface area (Å²) in [6, 6.07) is 55.8. The number of likely N-dealkylation sites (N-methyl/N-ethyl adjacent to an activating group) is 1. The summed E-state index contributed by atoms with van der Waals surface area (Å²) < 4.78 is 0. The van der Waals surface area contributed by atoms with Crippen molar-refractivity contribution in [3.8, 4) is 11.1 Å². The third-order valence-electron chi connectivity index (χ3n) is 11.9. The van der Waals surface area contributed by atoms with Crippen LogP contribution >= 0.6 is 0 Å². The van der Waals surface area contributed by atoms with Gasteiger partial charge in [0.1, 0.15) is 0 Å². The van der Waals surface area contributed by atoms with E-state index in [-0.39, 0.29) is 10.8 Å². The van der Waals surface area contributed by atoms with E-state index in [1.165, 1.54) is 67.0 Å². The van der Waals surface area contributed by atoms with Crippen LogP contribution in [0.15, 0.2) is 175 Å². The standard InChI is InChI=1S/C51H46N2/c1-50(2)45-22-14-12-20-42(45)43-33-32-41(34-47(43)50)53(39-26-24-36(25-27-39)35-16-8-6-9-17-35)40-30-28-38(29-31-40)52(5)49-48(37-18-10-7-11-19-37)44-21-13-15-23-46(44)51(49,3)4/h6-11,13-19,21-34H,12,20H2,1-5H3. The van der Waals surface area contributed by atoms with Gasteiger partial charge in [0, 0.05) is 51.9 Å². The third kappa shape index (κ3) is 5.39. The van der Waals surface area contributed by atoms with E-state index < -0.39 is 0 Å². The molecule has 53 heavy (non-hydrogen) atoms. The molecule has 0 fully saturated rings. The molecule has 0 unspecified atom stereocenters. The number of allylic oxidation sites excluding steroid dienone is 5. The van der Waals surface area contributed by atoms with Gasteiger partial charge in [-0.1, -0.05) is 143 Å². The summed E-state index contributed by atoms with van der Waals surface area (Å²) in [5.74, 6) is 0. The van der Waals surface area contributed by atoms with E-state index in [0.29, 0.717) is 0 Å². The van der Waals surface area contributed by atoms with Crippen molar-refractivity contribution in [3.63, 3.8) is 0 Å². The molecule has 9 rings (SSSR count). The summed E-state index contributed by atoms with van der Waals surface area (Å²) in [4.78, 5) is 4.83. The summed E-state index contributed by atoms with van der Waals surface area (Å²) in [7, 11) is 2.23. The highest BCUT2D eigenvalue weighted by atomic mass is 15.2. The maximum absolute atomic E-state index is 2.45. The Balaban J connectivity index is 1.13. The molecule has 2 nitrogen and oxygen atoms in total. The summed E-state index contributed by atoms with van der Waals surface area (Å²) in [5, 5.41) is 0. The number of hydrogen-bond donors (Lipinski definition) is 0. The molecule has 260 valence electrons. The summed E-state index contributed by atoms with van der Waals surface area (Å²) in [5.41, 5.74) is 19.2. The SMILES string of the molecule is CN(C1=C(c2ccccc2)c2ccccc2C1(C)C)c1ccc(N(c2ccc(-c3ccccc3)cc2)c2ccc3c(c2)C(C)(C)C2=C3CCC=C2)cc1. The third-order valence-corrected chi connectivity index (χ3v) is 11.9. The van der Waals surface area contributed by atoms with E-state index in [9.17, 15) is 0 Å². The maximum Gasteiger partial charge on any atom is 0.0465 e. The molecule has 0 N–H and O–H groups in total. The minimum absolute atomic E-state index is 0.0388. The second-order valence-electron chi connectivity index (χ2n) is 15.8. The van der Waals surface area contributed by atoms with Crippen LogP contribution in [0.4, 0.5) is 22.7 Å². The average molecular weight is 687 g/mol. The molecule has 0 saturated heterocycles. The van der Waals surface area contributed by atoms with E-state index in [4.69, 9.17) is 0 Å². The minimum Gasteiger partial charge on any atom is -0.347 e. The molecule has 0 saturated carbocycles. The van der Waals surface area contributed by atoms with E-state index in [1.807, 2.05) is 0 Å². The van der Waals surface area contributed by atoms with Gasteiger partial charge in [-0.05, 0) is 111 Å². The quantitative estimate of drug-likeness (QED) is 0.165. The fraction of sp³-hybridized carbons (Fsp3) is 0.176. The van der Waals surface area contributed by atoms with Gasteiger partial charge in [0.2, 0.25) is 0 Å². The molecule has 0 aromatic heterocycles. The summed E-state index contributed by atoms with van der Waals surface area (Å²) >= 11 is 0. The lowest BCUT2D eigenvalue weighted by atomic mass is 9.80. The van der Waals surface area contributed by atoms with Crippen molar-refractivity contribution in [1.29, 1.82) is 0 Å². The van der Waals surface area contributed by atoms with Gasteiger partial charge in [-0.2, -0.15) is 0 Å². The zero-order valence-corrected chi connectivity index (χ0v) is 31.4. The molecule has 0 atom stereocenters. The van der Waals surface area contributed by atoms with Crippen molar-refractivity contribution in [2.45, 2.75) is 51.4 Å². The number of fused-ring (bicyclic) bond motifs is 3. The number of anilines is 4. The van der Waals surface area contributed by atoms with Crippen molar-refractivity contribution in [3.05, 3.63) is 203 Å². The second kappa shape index (κ2) is 12.7. The molecule has 3 aliphatic rings. The first-order valence-electron chi connectivity index (χ1n) is 19.0. The smallest absolute Gasteiger partial charge is 0.0465 e. The molecular formula is C51H46N2. The highest BCUT2D eigenvalue weighted by Crippen LogP contribution is 2.53. The predicted molar refractivity (Wildman–Crippen MR) is 225 cm³/mol. The Morgan fingerprint density at radius 2 is 1.06 bits per heavy atom.